The Labute approximate surface area is 243 Å². The summed E-state index contributed by atoms with van der Waals surface area (Å²) in [6.07, 6.45) is 13.3. The molecular weight excluding hydrogens is 567 g/mol. The van der Waals surface area contributed by atoms with Crippen LogP contribution < -0.4 is 15.4 Å². The first-order valence-corrected chi connectivity index (χ1v) is 14.6. The zero-order valence-corrected chi connectivity index (χ0v) is 24.6. The fourth-order valence-electron chi connectivity index (χ4n) is 4.05. The maximum atomic E-state index is 13.6. The Kier molecular flexibility index (Phi) is 11.0. The molecule has 4 rings (SSSR count). The van der Waals surface area contributed by atoms with Crippen molar-refractivity contribution in [3.63, 3.8) is 0 Å². The number of likely N-dealkylation sites (N-methyl/N-ethyl adjacent to an activating group) is 1. The summed E-state index contributed by atoms with van der Waals surface area (Å²) in [7, 11) is 1.15. The quantitative estimate of drug-likeness (QED) is 0.175. The van der Waals surface area contributed by atoms with Gasteiger partial charge in [0.1, 0.15) is 12.5 Å². The van der Waals surface area contributed by atoms with Crippen LogP contribution in [-0.4, -0.2) is 62.7 Å². The van der Waals surface area contributed by atoms with Gasteiger partial charge in [-0.2, -0.15) is 0 Å². The number of phosphoric ester groups is 1. The zero-order chi connectivity index (χ0) is 30.0. The smallest absolute Gasteiger partial charge is 0.482 e. The normalized spacial score (nSPS) is 14.7. The number of phosphoric acid groups is 1. The van der Waals surface area contributed by atoms with Crippen LogP contribution in [0.2, 0.25) is 0 Å². The van der Waals surface area contributed by atoms with Crippen molar-refractivity contribution in [1.82, 2.24) is 20.1 Å². The summed E-state index contributed by atoms with van der Waals surface area (Å²) in [4.78, 5) is 26.8. The molecule has 226 valence electrons. The van der Waals surface area contributed by atoms with Crippen LogP contribution in [0, 0.1) is 0 Å². The molecule has 1 aromatic heterocycles. The van der Waals surface area contributed by atoms with Gasteiger partial charge in [0.25, 0.3) is 0 Å². The van der Waals surface area contributed by atoms with E-state index in [9.17, 15) is 14.2 Å². The van der Waals surface area contributed by atoms with Gasteiger partial charge in [-0.3, -0.25) is 4.52 Å². The third kappa shape index (κ3) is 8.57. The molecule has 0 radical (unpaired) electrons. The molecule has 3 heterocycles. The molecule has 2 N–H and O–H groups in total. The predicted octanol–water partition coefficient (Wildman–Crippen LogP) is 3.65. The molecule has 13 nitrogen and oxygen atoms in total. The lowest BCUT2D eigenvalue weighted by Gasteiger charge is -2.19. The summed E-state index contributed by atoms with van der Waals surface area (Å²) in [5.74, 6) is -0.689. The largest absolute Gasteiger partial charge is 0.497 e. The van der Waals surface area contributed by atoms with E-state index in [1.54, 1.807) is 36.2 Å². The molecule has 42 heavy (non-hydrogen) atoms. The first kappa shape index (κ1) is 31.1. The number of dihydropyridines is 2. The van der Waals surface area contributed by atoms with Gasteiger partial charge in [0.05, 0.1) is 23.8 Å². The Morgan fingerprint density at radius 3 is 2.10 bits per heavy atom. The Hall–Kier alpha value is -3.87. The molecule has 2 aliphatic heterocycles. The summed E-state index contributed by atoms with van der Waals surface area (Å²) < 4.78 is 47.3. The molecule has 0 bridgehead atoms. The Morgan fingerprint density at radius 2 is 1.57 bits per heavy atom. The SMILES string of the molecule is COc1ccc2c(CCN(C)C)cn(COP(=O)(OCOC(=O)C3=CNC=CC3)OCOC(=O)C3=CNC=CC3)c2c1. The number of nitrogens with one attached hydrogen (secondary N) is 2. The van der Waals surface area contributed by atoms with Crippen molar-refractivity contribution < 1.29 is 41.9 Å². The van der Waals surface area contributed by atoms with Crippen molar-refractivity contribution in [2.75, 3.05) is 41.3 Å². The van der Waals surface area contributed by atoms with Gasteiger partial charge in [0.15, 0.2) is 0 Å². The van der Waals surface area contributed by atoms with Gasteiger partial charge >= 0.3 is 19.8 Å². The summed E-state index contributed by atoms with van der Waals surface area (Å²) >= 11 is 0. The van der Waals surface area contributed by atoms with Crippen LogP contribution in [0.15, 0.2) is 72.5 Å². The van der Waals surface area contributed by atoms with Gasteiger partial charge in [-0.1, -0.05) is 12.2 Å². The highest BCUT2D eigenvalue weighted by Crippen LogP contribution is 2.50. The van der Waals surface area contributed by atoms with E-state index in [1.807, 2.05) is 38.5 Å². The monoisotopic (exact) mass is 602 g/mol. The number of allylic oxidation sites excluding steroid dienone is 2. The lowest BCUT2D eigenvalue weighted by atomic mass is 10.1. The first-order valence-electron chi connectivity index (χ1n) is 13.2. The van der Waals surface area contributed by atoms with Crippen LogP contribution in [0.5, 0.6) is 5.75 Å². The highest BCUT2D eigenvalue weighted by Gasteiger charge is 2.30. The van der Waals surface area contributed by atoms with Crippen molar-refractivity contribution >= 4 is 30.7 Å². The second kappa shape index (κ2) is 14.9. The number of methoxy groups -OCH3 is 1. The van der Waals surface area contributed by atoms with Crippen LogP contribution >= 0.6 is 7.82 Å². The maximum absolute atomic E-state index is 13.6. The molecule has 14 heteroatoms. The van der Waals surface area contributed by atoms with E-state index in [4.69, 9.17) is 27.8 Å². The number of carbonyl (C=O) groups is 2. The highest BCUT2D eigenvalue weighted by molar-refractivity contribution is 7.48. The van der Waals surface area contributed by atoms with Crippen LogP contribution in [0.4, 0.5) is 0 Å². The van der Waals surface area contributed by atoms with Crippen LogP contribution in [0.25, 0.3) is 10.9 Å². The number of benzene rings is 1. The maximum Gasteiger partial charge on any atom is 0.482 e. The van der Waals surface area contributed by atoms with Gasteiger partial charge in [0, 0.05) is 49.4 Å². The number of ether oxygens (including phenoxy) is 3. The number of aromatic nitrogens is 1. The molecule has 0 amide bonds. The van der Waals surface area contributed by atoms with Crippen LogP contribution in [-0.2, 0) is 50.4 Å². The van der Waals surface area contributed by atoms with Crippen molar-refractivity contribution in [3.8, 4) is 5.75 Å². The molecule has 2 aromatic rings. The van der Waals surface area contributed by atoms with Crippen LogP contribution in [0.1, 0.15) is 18.4 Å². The average Bonchev–Trinajstić information content (AvgIpc) is 3.36. The Bertz CT molecular complexity index is 1390. The molecular formula is C28H35N4O9P. The summed E-state index contributed by atoms with van der Waals surface area (Å²) in [6, 6.07) is 5.66. The van der Waals surface area contributed by atoms with Gasteiger partial charge in [-0.15, -0.1) is 0 Å². The van der Waals surface area contributed by atoms with E-state index in [2.05, 4.69) is 15.5 Å². The van der Waals surface area contributed by atoms with Gasteiger partial charge in [0.2, 0.25) is 13.6 Å². The van der Waals surface area contributed by atoms with E-state index >= 15 is 0 Å². The number of hydrogen-bond donors (Lipinski definition) is 2. The van der Waals surface area contributed by atoms with Gasteiger partial charge in [-0.25, -0.2) is 23.2 Å². The fraction of sp³-hybridized carbons (Fsp3) is 0.357. The molecule has 0 saturated heterocycles. The van der Waals surface area contributed by atoms with Gasteiger partial charge < -0.3 is 34.3 Å². The zero-order valence-electron chi connectivity index (χ0n) is 23.7. The predicted molar refractivity (Wildman–Crippen MR) is 153 cm³/mol. The highest BCUT2D eigenvalue weighted by atomic mass is 31.2. The number of hydrogen-bond acceptors (Lipinski definition) is 12. The number of carbonyl (C=O) groups excluding carboxylic acids is 2. The minimum Gasteiger partial charge on any atom is -0.497 e. The number of rotatable bonds is 15. The molecule has 0 spiro atoms. The Morgan fingerprint density at radius 1 is 0.952 bits per heavy atom. The number of nitrogens with zero attached hydrogens (tertiary/aromatic N) is 2. The number of esters is 2. The van der Waals surface area contributed by atoms with Crippen molar-refractivity contribution in [2.45, 2.75) is 26.0 Å². The van der Waals surface area contributed by atoms with Crippen molar-refractivity contribution in [2.24, 2.45) is 0 Å². The minimum atomic E-state index is -4.41. The van der Waals surface area contributed by atoms with E-state index in [0.717, 1.165) is 29.4 Å². The summed E-state index contributed by atoms with van der Waals surface area (Å²) in [6.45, 7) is -0.875. The molecule has 1 aromatic carbocycles. The standard InChI is InChI=1S/C28H35N4O9P/c1-31(2)13-10-23-17-32(26-14-24(36-3)8-9-25(23)26)18-39-42(35,40-19-37-27(33)21-6-4-11-29-15-21)41-20-38-28(34)22-7-5-12-30-16-22/h4-5,8-9,11-12,14-17,29-30H,6-7,10,13,18-20H2,1-3H3. The lowest BCUT2D eigenvalue weighted by molar-refractivity contribution is -0.149. The molecule has 0 unspecified atom stereocenters. The Balaban J connectivity index is 1.46. The van der Waals surface area contributed by atoms with Crippen molar-refractivity contribution in [3.05, 3.63) is 78.1 Å². The van der Waals surface area contributed by atoms with Crippen LogP contribution in [0.3, 0.4) is 0 Å². The number of fused-ring (bicyclic) bond motifs is 1. The van der Waals surface area contributed by atoms with Gasteiger partial charge in [-0.05, 0) is 50.6 Å². The fourth-order valence-corrected chi connectivity index (χ4v) is 4.90. The van der Waals surface area contributed by atoms with E-state index in [1.165, 1.54) is 12.4 Å². The second-order valence-corrected chi connectivity index (χ2v) is 11.2. The van der Waals surface area contributed by atoms with E-state index in [-0.39, 0.29) is 6.73 Å². The molecule has 0 saturated carbocycles. The molecule has 2 aliphatic rings. The minimum absolute atomic E-state index is 0.245. The third-order valence-corrected chi connectivity index (χ3v) is 7.58. The lowest BCUT2D eigenvalue weighted by Crippen LogP contribution is -2.17. The molecule has 0 fully saturated rings. The summed E-state index contributed by atoms with van der Waals surface area (Å²) in [5.41, 5.74) is 2.54. The average molecular weight is 603 g/mol. The van der Waals surface area contributed by atoms with E-state index in [0.29, 0.717) is 29.7 Å². The van der Waals surface area contributed by atoms with Crippen molar-refractivity contribution in [1.29, 1.82) is 0 Å². The summed E-state index contributed by atoms with van der Waals surface area (Å²) in [5, 5.41) is 6.58. The topological polar surface area (TPSA) is 139 Å². The first-order chi connectivity index (χ1) is 20.3. The van der Waals surface area contributed by atoms with E-state index < -0.39 is 33.3 Å². The molecule has 0 aliphatic carbocycles. The second-order valence-electron chi connectivity index (χ2n) is 9.51. The third-order valence-electron chi connectivity index (χ3n) is 6.30. The molecule has 0 atom stereocenters.